The van der Waals surface area contributed by atoms with Crippen molar-refractivity contribution in [3.8, 4) is 0 Å². The lowest BCUT2D eigenvalue weighted by Gasteiger charge is -2.21. The molecule has 2 aromatic carbocycles. The highest BCUT2D eigenvalue weighted by atomic mass is 32.2. The van der Waals surface area contributed by atoms with Crippen LogP contribution in [0.15, 0.2) is 53.4 Å². The van der Waals surface area contributed by atoms with E-state index in [4.69, 9.17) is 0 Å². The molecule has 142 valence electrons. The van der Waals surface area contributed by atoms with E-state index >= 15 is 0 Å². The quantitative estimate of drug-likeness (QED) is 0.797. The molecule has 0 saturated heterocycles. The molecule has 0 unspecified atom stereocenters. The monoisotopic (exact) mass is 387 g/mol. The largest absolute Gasteiger partial charge is 0.326 e. The van der Waals surface area contributed by atoms with E-state index in [1.54, 1.807) is 29.2 Å². The molecule has 1 aliphatic carbocycles. The van der Waals surface area contributed by atoms with Crippen LogP contribution in [0.1, 0.15) is 26.7 Å². The SMILES string of the molecule is CC(=O)Nc1ccc(S(=O)(=O)Nc2ccc(N(C(C)=O)C3CC3)cc2)cc1. The topological polar surface area (TPSA) is 95.6 Å². The first-order valence-corrected chi connectivity index (χ1v) is 10.0. The van der Waals surface area contributed by atoms with Crippen LogP contribution in [0.2, 0.25) is 0 Å². The van der Waals surface area contributed by atoms with E-state index in [9.17, 15) is 18.0 Å². The Balaban J connectivity index is 1.73. The highest BCUT2D eigenvalue weighted by Crippen LogP contribution is 2.32. The molecule has 0 bridgehead atoms. The van der Waals surface area contributed by atoms with Crippen LogP contribution in [0.4, 0.5) is 17.1 Å². The van der Waals surface area contributed by atoms with Gasteiger partial charge in [-0.2, -0.15) is 0 Å². The summed E-state index contributed by atoms with van der Waals surface area (Å²) in [7, 11) is -3.76. The number of hydrogen-bond donors (Lipinski definition) is 2. The Labute approximate surface area is 158 Å². The maximum Gasteiger partial charge on any atom is 0.261 e. The van der Waals surface area contributed by atoms with Crippen molar-refractivity contribution in [3.05, 3.63) is 48.5 Å². The van der Waals surface area contributed by atoms with Gasteiger partial charge in [-0.1, -0.05) is 0 Å². The molecule has 7 nitrogen and oxygen atoms in total. The van der Waals surface area contributed by atoms with E-state index in [0.717, 1.165) is 18.5 Å². The molecule has 8 heteroatoms. The molecule has 0 atom stereocenters. The number of hydrogen-bond acceptors (Lipinski definition) is 4. The average molecular weight is 387 g/mol. The van der Waals surface area contributed by atoms with Gasteiger partial charge in [0.2, 0.25) is 11.8 Å². The summed E-state index contributed by atoms with van der Waals surface area (Å²) in [5.41, 5.74) is 1.69. The summed E-state index contributed by atoms with van der Waals surface area (Å²) in [6.45, 7) is 2.91. The van der Waals surface area contributed by atoms with Crippen LogP contribution in [-0.2, 0) is 19.6 Å². The smallest absolute Gasteiger partial charge is 0.261 e. The van der Waals surface area contributed by atoms with E-state index in [2.05, 4.69) is 10.0 Å². The predicted molar refractivity (Wildman–Crippen MR) is 104 cm³/mol. The van der Waals surface area contributed by atoms with Gasteiger partial charge in [0, 0.05) is 37.0 Å². The number of carbonyl (C=O) groups excluding carboxylic acids is 2. The maximum atomic E-state index is 12.5. The summed E-state index contributed by atoms with van der Waals surface area (Å²) in [6.07, 6.45) is 1.98. The Morgan fingerprint density at radius 1 is 0.926 bits per heavy atom. The van der Waals surface area contributed by atoms with Crippen LogP contribution in [0.5, 0.6) is 0 Å². The molecule has 1 fully saturated rings. The van der Waals surface area contributed by atoms with Gasteiger partial charge in [0.25, 0.3) is 10.0 Å². The van der Waals surface area contributed by atoms with Gasteiger partial charge < -0.3 is 10.2 Å². The van der Waals surface area contributed by atoms with Gasteiger partial charge >= 0.3 is 0 Å². The summed E-state index contributed by atoms with van der Waals surface area (Å²) in [5, 5.41) is 2.59. The molecule has 0 radical (unpaired) electrons. The second kappa shape index (κ2) is 7.40. The third-order valence-corrected chi connectivity index (χ3v) is 5.53. The third kappa shape index (κ3) is 4.65. The molecule has 2 amide bonds. The predicted octanol–water partition coefficient (Wildman–Crippen LogP) is 2.96. The fourth-order valence-electron chi connectivity index (χ4n) is 2.81. The summed E-state index contributed by atoms with van der Waals surface area (Å²) in [5.74, 6) is -0.250. The zero-order valence-corrected chi connectivity index (χ0v) is 15.9. The standard InChI is InChI=1S/C19H21N3O4S/c1-13(23)20-15-5-11-19(12-6-15)27(25,26)21-16-3-7-17(8-4-16)22(14(2)24)18-9-10-18/h3-8,11-12,18,21H,9-10H2,1-2H3,(H,20,23). The Morgan fingerprint density at radius 3 is 1.96 bits per heavy atom. The second-order valence-electron chi connectivity index (χ2n) is 6.48. The number of amides is 2. The van der Waals surface area contributed by atoms with Crippen molar-refractivity contribution in [1.82, 2.24) is 0 Å². The number of carbonyl (C=O) groups is 2. The molecule has 2 aromatic rings. The minimum atomic E-state index is -3.76. The molecule has 0 spiro atoms. The summed E-state index contributed by atoms with van der Waals surface area (Å²) in [6, 6.07) is 12.9. The number of nitrogens with one attached hydrogen (secondary N) is 2. The van der Waals surface area contributed by atoms with Gasteiger partial charge in [0.15, 0.2) is 0 Å². The number of sulfonamides is 1. The van der Waals surface area contributed by atoms with Crippen LogP contribution >= 0.6 is 0 Å². The normalized spacial score (nSPS) is 13.7. The third-order valence-electron chi connectivity index (χ3n) is 4.13. The minimum Gasteiger partial charge on any atom is -0.326 e. The van der Waals surface area contributed by atoms with Crippen molar-refractivity contribution in [3.63, 3.8) is 0 Å². The molecule has 1 aliphatic rings. The molecular formula is C19H21N3O4S. The number of anilines is 3. The van der Waals surface area contributed by atoms with Crippen molar-refractivity contribution >= 4 is 38.9 Å². The van der Waals surface area contributed by atoms with Crippen molar-refractivity contribution < 1.29 is 18.0 Å². The van der Waals surface area contributed by atoms with Crippen LogP contribution in [0.3, 0.4) is 0 Å². The lowest BCUT2D eigenvalue weighted by molar-refractivity contribution is -0.116. The van der Waals surface area contributed by atoms with E-state index in [1.165, 1.54) is 38.1 Å². The van der Waals surface area contributed by atoms with Crippen LogP contribution in [-0.4, -0.2) is 26.3 Å². The lowest BCUT2D eigenvalue weighted by Crippen LogP contribution is -2.30. The minimum absolute atomic E-state index is 0.0231. The Kier molecular flexibility index (Phi) is 5.18. The van der Waals surface area contributed by atoms with Gasteiger partial charge in [-0.25, -0.2) is 8.42 Å². The second-order valence-corrected chi connectivity index (χ2v) is 8.16. The number of nitrogens with zero attached hydrogens (tertiary/aromatic N) is 1. The fourth-order valence-corrected chi connectivity index (χ4v) is 3.87. The summed E-state index contributed by atoms with van der Waals surface area (Å²) < 4.78 is 27.6. The van der Waals surface area contributed by atoms with Crippen molar-refractivity contribution in [2.45, 2.75) is 37.6 Å². The van der Waals surface area contributed by atoms with Gasteiger partial charge in [-0.05, 0) is 61.4 Å². The first kappa shape index (κ1) is 18.9. The molecular weight excluding hydrogens is 366 g/mol. The van der Waals surface area contributed by atoms with E-state index in [1.807, 2.05) is 0 Å². The fraction of sp³-hybridized carbons (Fsp3) is 0.263. The van der Waals surface area contributed by atoms with Crippen LogP contribution in [0, 0.1) is 0 Å². The molecule has 0 aromatic heterocycles. The van der Waals surface area contributed by atoms with E-state index in [0.29, 0.717) is 11.4 Å². The van der Waals surface area contributed by atoms with E-state index in [-0.39, 0.29) is 22.8 Å². The van der Waals surface area contributed by atoms with Gasteiger partial charge in [-0.15, -0.1) is 0 Å². The van der Waals surface area contributed by atoms with Gasteiger partial charge in [0.1, 0.15) is 0 Å². The van der Waals surface area contributed by atoms with E-state index < -0.39 is 10.0 Å². The maximum absolute atomic E-state index is 12.5. The Hall–Kier alpha value is -2.87. The van der Waals surface area contributed by atoms with Gasteiger partial charge in [0.05, 0.1) is 4.90 Å². The first-order chi connectivity index (χ1) is 12.8. The average Bonchev–Trinajstić information content (AvgIpc) is 3.41. The molecule has 0 aliphatic heterocycles. The lowest BCUT2D eigenvalue weighted by atomic mass is 10.2. The highest BCUT2D eigenvalue weighted by molar-refractivity contribution is 7.92. The molecule has 0 heterocycles. The number of rotatable bonds is 6. The van der Waals surface area contributed by atoms with Crippen molar-refractivity contribution in [1.29, 1.82) is 0 Å². The van der Waals surface area contributed by atoms with Crippen LogP contribution < -0.4 is 14.9 Å². The zero-order chi connectivity index (χ0) is 19.6. The number of benzene rings is 2. The molecule has 2 N–H and O–H groups in total. The van der Waals surface area contributed by atoms with Crippen LogP contribution in [0.25, 0.3) is 0 Å². The van der Waals surface area contributed by atoms with Crippen molar-refractivity contribution in [2.75, 3.05) is 14.9 Å². The summed E-state index contributed by atoms with van der Waals surface area (Å²) >= 11 is 0. The molecule has 3 rings (SSSR count). The van der Waals surface area contributed by atoms with Crippen molar-refractivity contribution in [2.24, 2.45) is 0 Å². The highest BCUT2D eigenvalue weighted by Gasteiger charge is 2.31. The van der Waals surface area contributed by atoms with Gasteiger partial charge in [-0.3, -0.25) is 14.3 Å². The Morgan fingerprint density at radius 2 is 1.48 bits per heavy atom. The first-order valence-electron chi connectivity index (χ1n) is 8.56. The summed E-state index contributed by atoms with van der Waals surface area (Å²) in [4.78, 5) is 24.7. The Bertz CT molecular complexity index is 949. The zero-order valence-electron chi connectivity index (χ0n) is 15.1. The molecule has 1 saturated carbocycles. The molecule has 27 heavy (non-hydrogen) atoms.